The Kier molecular flexibility index (Phi) is 12.3. The van der Waals surface area contributed by atoms with Crippen LogP contribution in [0.1, 0.15) is 208 Å². The molecule has 3 aromatic rings. The van der Waals surface area contributed by atoms with Gasteiger partial charge < -0.3 is 0 Å². The third-order valence-electron chi connectivity index (χ3n) is 10.2. The summed E-state index contributed by atoms with van der Waals surface area (Å²) in [4.78, 5) is 0. The molecular weight excluding hydrogens is 595 g/mol. The van der Waals surface area contributed by atoms with E-state index in [0.717, 1.165) is 0 Å². The summed E-state index contributed by atoms with van der Waals surface area (Å²) in [6.45, 7) is 38.5. The molecule has 0 spiro atoms. The van der Waals surface area contributed by atoms with Crippen molar-refractivity contribution in [3.63, 3.8) is 0 Å². The molecule has 0 aliphatic heterocycles. The zero-order chi connectivity index (χ0) is 35.8. The largest absolute Gasteiger partial charge is 0.112 e. The molecule has 0 fully saturated rings. The smallest absolute Gasteiger partial charge is 0.0237 e. The summed E-state index contributed by atoms with van der Waals surface area (Å²) in [5.41, 5.74) is 18.2. The Morgan fingerprint density at radius 2 is 0.688 bits per heavy atom. The Balaban J connectivity index is 2.38. The van der Waals surface area contributed by atoms with Crippen LogP contribution in [0.25, 0.3) is 5.57 Å². The third kappa shape index (κ3) is 7.72. The number of benzene rings is 3. The normalized spacial score (nSPS) is 13.5. The Bertz CT molecular complexity index is 1550. The minimum Gasteiger partial charge on any atom is -0.112 e. The molecule has 1 aliphatic carbocycles. The van der Waals surface area contributed by atoms with E-state index in [0.29, 0.717) is 47.3 Å². The van der Waals surface area contributed by atoms with Crippen LogP contribution in [0, 0.1) is 0 Å². The summed E-state index contributed by atoms with van der Waals surface area (Å²) in [5, 5.41) is 4.85. The van der Waals surface area contributed by atoms with Crippen molar-refractivity contribution in [1.82, 2.24) is 0 Å². The van der Waals surface area contributed by atoms with E-state index in [1.54, 1.807) is 38.2 Å². The molecule has 0 unspecified atom stereocenters. The van der Waals surface area contributed by atoms with Gasteiger partial charge in [-0.15, -0.1) is 5.73 Å². The predicted molar refractivity (Wildman–Crippen MR) is 218 cm³/mol. The zero-order valence-electron chi connectivity index (χ0n) is 33.3. The van der Waals surface area contributed by atoms with Gasteiger partial charge in [0.2, 0.25) is 0 Å². The Morgan fingerprint density at radius 3 is 0.917 bits per heavy atom. The second-order valence-corrected chi connectivity index (χ2v) is 18.8. The quantitative estimate of drug-likeness (QED) is 0.134. The summed E-state index contributed by atoms with van der Waals surface area (Å²) < 4.78 is 0. The first kappa shape index (κ1) is 38.2. The number of hydrogen-bond donors (Lipinski definition) is 0. The van der Waals surface area contributed by atoms with Crippen LogP contribution in [0.3, 0.4) is 0 Å². The standard InChI is InChI=1S/C47H65P/c1-27(2)36-21-39(29(5)6)45(40(22-36)30(7)8)48(46-41(31(9)10)23-37(28(3)4)24-42(46)32(11)12)47-43(33(13)14)25-38(26-44(47)34(15)16)35-19-17-18-20-35/h17-19,21-34H,1-16H3. The summed E-state index contributed by atoms with van der Waals surface area (Å²) in [6, 6.07) is 15.4. The van der Waals surface area contributed by atoms with E-state index in [-0.39, 0.29) is 0 Å². The topological polar surface area (TPSA) is 0 Å². The molecule has 1 aliphatic rings. The number of hydrogen-bond acceptors (Lipinski definition) is 0. The van der Waals surface area contributed by atoms with Gasteiger partial charge in [-0.05, 0) is 146 Å². The van der Waals surface area contributed by atoms with Crippen LogP contribution in [-0.4, -0.2) is 0 Å². The van der Waals surface area contributed by atoms with Crippen molar-refractivity contribution in [3.05, 3.63) is 110 Å². The van der Waals surface area contributed by atoms with E-state index in [1.165, 1.54) is 33.4 Å². The first-order chi connectivity index (χ1) is 22.5. The molecule has 1 heteroatoms. The maximum absolute atomic E-state index is 3.53. The van der Waals surface area contributed by atoms with Gasteiger partial charge in [0.1, 0.15) is 0 Å². The molecule has 0 N–H and O–H groups in total. The van der Waals surface area contributed by atoms with Gasteiger partial charge in [0.15, 0.2) is 0 Å². The predicted octanol–water partition coefficient (Wildman–Crippen LogP) is 13.5. The highest BCUT2D eigenvalue weighted by Gasteiger charge is 2.35. The van der Waals surface area contributed by atoms with Gasteiger partial charge >= 0.3 is 0 Å². The van der Waals surface area contributed by atoms with Gasteiger partial charge in [-0.3, -0.25) is 0 Å². The van der Waals surface area contributed by atoms with Crippen molar-refractivity contribution in [2.45, 2.75) is 158 Å². The third-order valence-corrected chi connectivity index (χ3v) is 13.1. The van der Waals surface area contributed by atoms with Crippen LogP contribution in [0.15, 0.2) is 60.4 Å². The van der Waals surface area contributed by atoms with Crippen molar-refractivity contribution in [2.24, 2.45) is 0 Å². The summed E-state index contributed by atoms with van der Waals surface area (Å²) in [7, 11) is -0.909. The molecule has 0 aromatic heterocycles. The molecule has 0 atom stereocenters. The van der Waals surface area contributed by atoms with Gasteiger partial charge in [0, 0.05) is 5.57 Å². The van der Waals surface area contributed by atoms with E-state index in [1.807, 2.05) is 0 Å². The molecule has 0 radical (unpaired) electrons. The molecule has 0 saturated carbocycles. The van der Waals surface area contributed by atoms with Crippen molar-refractivity contribution < 1.29 is 0 Å². The SMILES string of the molecule is CC(C)c1cc(C(C)C)c(P(c2c(C(C)C)cc(C3=C=CC=C3)cc2C(C)C)c2c(C(C)C)cc(C(C)C)cc2C(C)C)c(C(C)C)c1. The fraction of sp³-hybridized carbons (Fsp3) is 0.511. The first-order valence-electron chi connectivity index (χ1n) is 18.9. The minimum absolute atomic E-state index is 0.386. The van der Waals surface area contributed by atoms with Crippen LogP contribution in [0.5, 0.6) is 0 Å². The average Bonchev–Trinajstić information content (AvgIpc) is 3.55. The van der Waals surface area contributed by atoms with Crippen LogP contribution < -0.4 is 15.9 Å². The highest BCUT2D eigenvalue weighted by molar-refractivity contribution is 7.80. The molecule has 48 heavy (non-hydrogen) atoms. The average molecular weight is 661 g/mol. The monoisotopic (exact) mass is 660 g/mol. The van der Waals surface area contributed by atoms with E-state index in [4.69, 9.17) is 0 Å². The maximum Gasteiger partial charge on any atom is 0.0237 e. The zero-order valence-corrected chi connectivity index (χ0v) is 34.2. The van der Waals surface area contributed by atoms with Crippen molar-refractivity contribution >= 4 is 29.4 Å². The Morgan fingerprint density at radius 1 is 0.396 bits per heavy atom. The highest BCUT2D eigenvalue weighted by Crippen LogP contribution is 2.48. The van der Waals surface area contributed by atoms with Gasteiger partial charge in [-0.2, -0.15) is 0 Å². The molecule has 4 rings (SSSR count). The molecule has 0 saturated heterocycles. The summed E-state index contributed by atoms with van der Waals surface area (Å²) in [6.07, 6.45) is 6.41. The van der Waals surface area contributed by atoms with E-state index in [2.05, 4.69) is 171 Å². The molecule has 0 amide bonds. The Labute approximate surface area is 297 Å². The molecule has 0 heterocycles. The number of rotatable bonds is 12. The highest BCUT2D eigenvalue weighted by atomic mass is 31.1. The van der Waals surface area contributed by atoms with Crippen LogP contribution in [-0.2, 0) is 0 Å². The summed E-state index contributed by atoms with van der Waals surface area (Å²) >= 11 is 0. The van der Waals surface area contributed by atoms with Crippen LogP contribution >= 0.6 is 7.92 Å². The second-order valence-electron chi connectivity index (χ2n) is 16.8. The fourth-order valence-electron chi connectivity index (χ4n) is 7.17. The van der Waals surface area contributed by atoms with Gasteiger partial charge in [-0.25, -0.2) is 0 Å². The van der Waals surface area contributed by atoms with Crippen molar-refractivity contribution in [2.75, 3.05) is 0 Å². The fourth-order valence-corrected chi connectivity index (χ4v) is 11.3. The second kappa shape index (κ2) is 15.5. The molecular formula is C47H65P. The maximum atomic E-state index is 3.53. The van der Waals surface area contributed by atoms with Crippen LogP contribution in [0.2, 0.25) is 0 Å². The van der Waals surface area contributed by atoms with E-state index >= 15 is 0 Å². The Hall–Kier alpha value is -2.65. The van der Waals surface area contributed by atoms with Gasteiger partial charge in [0.25, 0.3) is 0 Å². The lowest BCUT2D eigenvalue weighted by atomic mass is 9.89. The van der Waals surface area contributed by atoms with Crippen molar-refractivity contribution in [1.29, 1.82) is 0 Å². The molecule has 0 bridgehead atoms. The lowest BCUT2D eigenvalue weighted by molar-refractivity contribution is 0.811. The lowest BCUT2D eigenvalue weighted by Crippen LogP contribution is -2.35. The number of allylic oxidation sites excluding steroid dienone is 3. The van der Waals surface area contributed by atoms with E-state index < -0.39 is 7.92 Å². The van der Waals surface area contributed by atoms with Crippen LogP contribution in [0.4, 0.5) is 0 Å². The first-order valence-corrected chi connectivity index (χ1v) is 20.3. The van der Waals surface area contributed by atoms with Crippen molar-refractivity contribution in [3.8, 4) is 0 Å². The molecule has 3 aromatic carbocycles. The van der Waals surface area contributed by atoms with E-state index in [9.17, 15) is 0 Å². The van der Waals surface area contributed by atoms with Gasteiger partial charge in [0.05, 0.1) is 0 Å². The summed E-state index contributed by atoms with van der Waals surface area (Å²) in [5.74, 6) is 3.43. The molecule has 258 valence electrons. The molecule has 0 nitrogen and oxygen atoms in total. The lowest BCUT2D eigenvalue weighted by Gasteiger charge is -2.37. The minimum atomic E-state index is -0.909. The van der Waals surface area contributed by atoms with Gasteiger partial charge in [-0.1, -0.05) is 141 Å².